The van der Waals surface area contributed by atoms with Crippen LogP contribution in [0.2, 0.25) is 0 Å². The molecule has 1 aliphatic rings. The van der Waals surface area contributed by atoms with Gasteiger partial charge < -0.3 is 15.2 Å². The van der Waals surface area contributed by atoms with Crippen LogP contribution in [0.1, 0.15) is 0 Å². The maximum absolute atomic E-state index is 9.99. The average molecular weight is 130 g/mol. The zero-order chi connectivity index (χ0) is 6.69. The molecule has 0 radical (unpaired) electrons. The van der Waals surface area contributed by atoms with Gasteiger partial charge in [0.2, 0.25) is 0 Å². The lowest BCUT2D eigenvalue weighted by Gasteiger charge is -1.96. The molecule has 0 aromatic heterocycles. The van der Waals surface area contributed by atoms with Gasteiger partial charge >= 0.3 is 12.2 Å². The molecule has 0 spiro atoms. The van der Waals surface area contributed by atoms with Gasteiger partial charge in [-0.15, -0.1) is 0 Å². The number of amides is 1. The fourth-order valence-electron chi connectivity index (χ4n) is 0.463. The Morgan fingerprint density at radius 1 is 1.89 bits per heavy atom. The van der Waals surface area contributed by atoms with Gasteiger partial charge in [0.05, 0.1) is 6.54 Å². The summed E-state index contributed by atoms with van der Waals surface area (Å²) in [5, 5.41) is 0. The predicted octanol–water partition coefficient (Wildman–Crippen LogP) is -0.532. The Bertz CT molecular complexity index is 154. The molecule has 1 heterocycles. The summed E-state index contributed by atoms with van der Waals surface area (Å²) in [7, 11) is 0. The minimum atomic E-state index is -0.893. The summed E-state index contributed by atoms with van der Waals surface area (Å²) in [6.45, 7) is 0.991. The molecule has 9 heavy (non-hydrogen) atoms. The van der Waals surface area contributed by atoms with Gasteiger partial charge in [-0.2, -0.15) is 0 Å². The topological polar surface area (TPSA) is 73.9 Å². The van der Waals surface area contributed by atoms with Crippen molar-refractivity contribution < 1.29 is 14.3 Å². The number of primary amides is 1. The number of nitrogens with two attached hydrogens (primary N) is 1. The minimum absolute atomic E-state index is 0.0255. The molecule has 0 atom stereocenters. The van der Waals surface area contributed by atoms with Crippen molar-refractivity contribution in [1.29, 1.82) is 0 Å². The second-order valence-electron chi connectivity index (χ2n) is 1.42. The molecular formula is C4H6N2O3. The Balaban J connectivity index is 2.35. The second-order valence-corrected chi connectivity index (χ2v) is 1.42. The van der Waals surface area contributed by atoms with Crippen LogP contribution in [0, 0.1) is 0 Å². The minimum Gasteiger partial charge on any atom is -0.448 e. The van der Waals surface area contributed by atoms with E-state index in [9.17, 15) is 4.79 Å². The van der Waals surface area contributed by atoms with Crippen LogP contribution in [0.3, 0.4) is 0 Å². The Hall–Kier alpha value is -1.26. The number of ether oxygens (including phenoxy) is 2. The Labute approximate surface area is 51.5 Å². The quantitative estimate of drug-likeness (QED) is 0.479. The molecule has 0 aromatic carbocycles. The van der Waals surface area contributed by atoms with Gasteiger partial charge in [-0.05, 0) is 0 Å². The van der Waals surface area contributed by atoms with Gasteiger partial charge in [-0.25, -0.2) is 9.79 Å². The van der Waals surface area contributed by atoms with Gasteiger partial charge in [0, 0.05) is 0 Å². The molecule has 50 valence electrons. The average Bonchev–Trinajstić information content (AvgIpc) is 2.15. The predicted molar refractivity (Wildman–Crippen MR) is 28.9 cm³/mol. The third-order valence-corrected chi connectivity index (χ3v) is 0.746. The standard InChI is InChI=1S/C4H6N2O3/c5-3(7)9-4-6-1-2-8-4/h1-2H2,(H2,5,7). The first-order valence-corrected chi connectivity index (χ1v) is 2.43. The molecular weight excluding hydrogens is 124 g/mol. The normalized spacial score (nSPS) is 16.2. The molecule has 0 aromatic rings. The van der Waals surface area contributed by atoms with Gasteiger partial charge in [0.1, 0.15) is 6.61 Å². The Morgan fingerprint density at radius 2 is 2.67 bits per heavy atom. The Kier molecular flexibility index (Phi) is 1.53. The first-order chi connectivity index (χ1) is 4.29. The van der Waals surface area contributed by atoms with Crippen molar-refractivity contribution in [3.8, 4) is 0 Å². The number of carbonyl (C=O) groups is 1. The van der Waals surface area contributed by atoms with Crippen LogP contribution >= 0.6 is 0 Å². The number of hydrogen-bond donors (Lipinski definition) is 1. The van der Waals surface area contributed by atoms with Crippen molar-refractivity contribution in [2.75, 3.05) is 13.2 Å². The summed E-state index contributed by atoms with van der Waals surface area (Å²) in [6, 6.07) is 0. The highest BCUT2D eigenvalue weighted by molar-refractivity contribution is 5.82. The van der Waals surface area contributed by atoms with Crippen molar-refractivity contribution >= 4 is 12.2 Å². The maximum Gasteiger partial charge on any atom is 0.413 e. The summed E-state index contributed by atoms with van der Waals surface area (Å²) in [6.07, 6.45) is -0.918. The molecule has 0 unspecified atom stereocenters. The molecule has 0 saturated heterocycles. The molecule has 2 N–H and O–H groups in total. The zero-order valence-corrected chi connectivity index (χ0v) is 4.66. The van der Waals surface area contributed by atoms with Crippen LogP contribution in [0.5, 0.6) is 0 Å². The van der Waals surface area contributed by atoms with E-state index in [1.807, 2.05) is 0 Å². The molecule has 0 aliphatic carbocycles. The van der Waals surface area contributed by atoms with E-state index in [1.165, 1.54) is 0 Å². The van der Waals surface area contributed by atoms with Crippen LogP contribution in [-0.2, 0) is 9.47 Å². The van der Waals surface area contributed by atoms with Crippen molar-refractivity contribution in [1.82, 2.24) is 0 Å². The largest absolute Gasteiger partial charge is 0.448 e. The van der Waals surface area contributed by atoms with Gasteiger partial charge in [-0.1, -0.05) is 0 Å². The van der Waals surface area contributed by atoms with Crippen LogP contribution in [0.25, 0.3) is 0 Å². The zero-order valence-electron chi connectivity index (χ0n) is 4.66. The van der Waals surface area contributed by atoms with E-state index >= 15 is 0 Å². The smallest absolute Gasteiger partial charge is 0.413 e. The molecule has 0 saturated carbocycles. The van der Waals surface area contributed by atoms with Crippen LogP contribution < -0.4 is 5.73 Å². The number of aliphatic imine (C=N–C) groups is 1. The van der Waals surface area contributed by atoms with Gasteiger partial charge in [0.15, 0.2) is 0 Å². The SMILES string of the molecule is NC(=O)OC1=NCCO1. The molecule has 5 heteroatoms. The molecule has 0 bridgehead atoms. The first kappa shape index (κ1) is 5.87. The molecule has 1 rings (SSSR count). The maximum atomic E-state index is 9.99. The highest BCUT2D eigenvalue weighted by Crippen LogP contribution is 1.94. The Morgan fingerprint density at radius 3 is 3.11 bits per heavy atom. The van der Waals surface area contributed by atoms with E-state index in [4.69, 9.17) is 4.74 Å². The summed E-state index contributed by atoms with van der Waals surface area (Å²) < 4.78 is 8.97. The summed E-state index contributed by atoms with van der Waals surface area (Å²) in [5.74, 6) is 0. The lowest BCUT2D eigenvalue weighted by atomic mass is 10.8. The molecule has 0 fully saturated rings. The summed E-state index contributed by atoms with van der Waals surface area (Å²) in [4.78, 5) is 13.6. The third kappa shape index (κ3) is 1.60. The number of rotatable bonds is 0. The highest BCUT2D eigenvalue weighted by Gasteiger charge is 2.10. The fourth-order valence-corrected chi connectivity index (χ4v) is 0.463. The van der Waals surface area contributed by atoms with E-state index in [1.54, 1.807) is 0 Å². The van der Waals surface area contributed by atoms with E-state index in [2.05, 4.69) is 15.5 Å². The van der Waals surface area contributed by atoms with E-state index in [0.29, 0.717) is 13.2 Å². The molecule has 1 amide bonds. The summed E-state index contributed by atoms with van der Waals surface area (Å²) in [5.41, 5.74) is 4.65. The van der Waals surface area contributed by atoms with Crippen molar-refractivity contribution in [2.24, 2.45) is 10.7 Å². The van der Waals surface area contributed by atoms with Gasteiger partial charge in [-0.3, -0.25) is 0 Å². The van der Waals surface area contributed by atoms with E-state index in [-0.39, 0.29) is 6.08 Å². The summed E-state index contributed by atoms with van der Waals surface area (Å²) >= 11 is 0. The van der Waals surface area contributed by atoms with E-state index in [0.717, 1.165) is 0 Å². The molecule has 5 nitrogen and oxygen atoms in total. The first-order valence-electron chi connectivity index (χ1n) is 2.43. The number of nitrogens with zero attached hydrogens (tertiary/aromatic N) is 1. The fraction of sp³-hybridized carbons (Fsp3) is 0.500. The van der Waals surface area contributed by atoms with Crippen molar-refractivity contribution in [3.05, 3.63) is 0 Å². The van der Waals surface area contributed by atoms with Crippen molar-refractivity contribution in [3.63, 3.8) is 0 Å². The van der Waals surface area contributed by atoms with Gasteiger partial charge in [0.25, 0.3) is 0 Å². The number of carbonyl (C=O) groups excluding carboxylic acids is 1. The number of hydrogen-bond acceptors (Lipinski definition) is 4. The monoisotopic (exact) mass is 130 g/mol. The second kappa shape index (κ2) is 2.34. The highest BCUT2D eigenvalue weighted by atomic mass is 16.7. The van der Waals surface area contributed by atoms with Crippen LogP contribution in [0.15, 0.2) is 4.99 Å². The lowest BCUT2D eigenvalue weighted by Crippen LogP contribution is -2.18. The van der Waals surface area contributed by atoms with Crippen LogP contribution in [0.4, 0.5) is 4.79 Å². The molecule has 1 aliphatic heterocycles. The van der Waals surface area contributed by atoms with Crippen molar-refractivity contribution in [2.45, 2.75) is 0 Å². The third-order valence-electron chi connectivity index (χ3n) is 0.746. The lowest BCUT2D eigenvalue weighted by molar-refractivity contribution is 0.181. The van der Waals surface area contributed by atoms with Crippen LogP contribution in [-0.4, -0.2) is 25.3 Å². The van der Waals surface area contributed by atoms with E-state index < -0.39 is 6.09 Å².